The average molecular weight is 281 g/mol. The molecule has 0 saturated carbocycles. The number of aromatic nitrogens is 2. The van der Waals surface area contributed by atoms with E-state index >= 15 is 0 Å². The normalized spacial score (nSPS) is 10.4. The van der Waals surface area contributed by atoms with E-state index in [9.17, 15) is 4.39 Å². The predicted molar refractivity (Wildman–Crippen MR) is 65.5 cm³/mol. The fraction of sp³-hybridized carbons (Fsp3) is 0.0833. The van der Waals surface area contributed by atoms with Gasteiger partial charge in [0.2, 0.25) is 0 Å². The molecule has 0 amide bonds. The van der Waals surface area contributed by atoms with E-state index in [2.05, 4.69) is 27.5 Å². The Morgan fingerprint density at radius 3 is 2.94 bits per heavy atom. The third kappa shape index (κ3) is 2.22. The minimum atomic E-state index is -0.280. The molecular weight excluding hydrogens is 271 g/mol. The number of hydrogen-bond acceptors (Lipinski definition) is 1. The molecule has 0 unspecified atom stereocenters. The Labute approximate surface area is 102 Å². The van der Waals surface area contributed by atoms with Crippen LogP contribution in [0.5, 0.6) is 0 Å². The van der Waals surface area contributed by atoms with E-state index in [1.165, 1.54) is 12.1 Å². The van der Waals surface area contributed by atoms with Crippen LogP contribution in [-0.2, 0) is 6.54 Å². The monoisotopic (exact) mass is 280 g/mol. The molecule has 1 heterocycles. The van der Waals surface area contributed by atoms with Crippen LogP contribution in [0.25, 0.3) is 11.4 Å². The van der Waals surface area contributed by atoms with Gasteiger partial charge in [-0.05, 0) is 18.2 Å². The van der Waals surface area contributed by atoms with Gasteiger partial charge in [0.05, 0.1) is 0 Å². The lowest BCUT2D eigenvalue weighted by atomic mass is 10.2. The molecule has 0 aliphatic carbocycles. The molecular formula is C12H10BrFN2. The largest absolute Gasteiger partial charge is 0.327 e. The lowest BCUT2D eigenvalue weighted by Gasteiger charge is -2.05. The van der Waals surface area contributed by atoms with Gasteiger partial charge in [0.1, 0.15) is 11.6 Å². The first kappa shape index (κ1) is 11.1. The molecule has 0 N–H and O–H groups in total. The van der Waals surface area contributed by atoms with Crippen LogP contribution in [0.3, 0.4) is 0 Å². The molecule has 2 aromatic rings. The van der Waals surface area contributed by atoms with E-state index < -0.39 is 0 Å². The Morgan fingerprint density at radius 2 is 2.25 bits per heavy atom. The van der Waals surface area contributed by atoms with Crippen molar-refractivity contribution < 1.29 is 4.39 Å². The van der Waals surface area contributed by atoms with Crippen LogP contribution in [-0.4, -0.2) is 9.55 Å². The summed E-state index contributed by atoms with van der Waals surface area (Å²) < 4.78 is 15.9. The minimum absolute atomic E-state index is 0.280. The first-order valence-corrected chi connectivity index (χ1v) is 5.58. The smallest absolute Gasteiger partial charge is 0.140 e. The highest BCUT2D eigenvalue weighted by molar-refractivity contribution is 9.10. The van der Waals surface area contributed by atoms with E-state index in [1.807, 2.05) is 16.8 Å². The maximum Gasteiger partial charge on any atom is 0.140 e. The van der Waals surface area contributed by atoms with Gasteiger partial charge >= 0.3 is 0 Å². The Hall–Kier alpha value is -1.42. The van der Waals surface area contributed by atoms with Crippen LogP contribution in [0.15, 0.2) is 47.7 Å². The number of imidazole rings is 1. The van der Waals surface area contributed by atoms with Crippen LogP contribution < -0.4 is 0 Å². The molecule has 82 valence electrons. The van der Waals surface area contributed by atoms with E-state index in [4.69, 9.17) is 0 Å². The molecule has 16 heavy (non-hydrogen) atoms. The number of allylic oxidation sites excluding steroid dienone is 1. The summed E-state index contributed by atoms with van der Waals surface area (Å²) in [5.41, 5.74) is 0.749. The molecule has 0 bridgehead atoms. The maximum atomic E-state index is 13.3. The van der Waals surface area contributed by atoms with Crippen molar-refractivity contribution in [3.05, 3.63) is 53.5 Å². The lowest BCUT2D eigenvalue weighted by molar-refractivity contribution is 0.627. The van der Waals surface area contributed by atoms with E-state index in [0.717, 1.165) is 11.4 Å². The Balaban J connectivity index is 2.49. The van der Waals surface area contributed by atoms with Crippen molar-refractivity contribution in [2.24, 2.45) is 0 Å². The van der Waals surface area contributed by atoms with Crippen LogP contribution in [0, 0.1) is 5.82 Å². The molecule has 0 aliphatic heterocycles. The number of nitrogens with zero attached hydrogens (tertiary/aromatic N) is 2. The van der Waals surface area contributed by atoms with Gasteiger partial charge in [-0.25, -0.2) is 9.37 Å². The van der Waals surface area contributed by atoms with Gasteiger partial charge in [-0.2, -0.15) is 0 Å². The summed E-state index contributed by atoms with van der Waals surface area (Å²) in [5, 5.41) is 0. The fourth-order valence-corrected chi connectivity index (χ4v) is 2.00. The maximum absolute atomic E-state index is 13.3. The summed E-state index contributed by atoms with van der Waals surface area (Å²) in [5.74, 6) is 0.456. The van der Waals surface area contributed by atoms with Crippen molar-refractivity contribution in [3.63, 3.8) is 0 Å². The van der Waals surface area contributed by atoms with Gasteiger partial charge in [0, 0.05) is 29.0 Å². The average Bonchev–Trinajstić information content (AvgIpc) is 2.65. The number of hydrogen-bond donors (Lipinski definition) is 0. The van der Waals surface area contributed by atoms with Gasteiger partial charge in [-0.15, -0.1) is 6.58 Å². The third-order valence-electron chi connectivity index (χ3n) is 2.16. The summed E-state index contributed by atoms with van der Waals surface area (Å²) in [7, 11) is 0. The van der Waals surface area contributed by atoms with Crippen molar-refractivity contribution in [2.45, 2.75) is 6.54 Å². The Kier molecular flexibility index (Phi) is 3.19. The van der Waals surface area contributed by atoms with Crippen LogP contribution >= 0.6 is 15.9 Å². The second kappa shape index (κ2) is 4.61. The van der Waals surface area contributed by atoms with E-state index in [1.54, 1.807) is 12.3 Å². The van der Waals surface area contributed by atoms with Gasteiger partial charge in [-0.1, -0.05) is 22.0 Å². The predicted octanol–water partition coefficient (Wildman–Crippen LogP) is 3.64. The van der Waals surface area contributed by atoms with Crippen LogP contribution in [0.1, 0.15) is 0 Å². The third-order valence-corrected chi connectivity index (χ3v) is 2.62. The second-order valence-corrected chi connectivity index (χ2v) is 4.27. The molecule has 1 aromatic carbocycles. The molecule has 2 rings (SSSR count). The highest BCUT2D eigenvalue weighted by Gasteiger charge is 2.07. The van der Waals surface area contributed by atoms with Gasteiger partial charge in [0.25, 0.3) is 0 Å². The van der Waals surface area contributed by atoms with Gasteiger partial charge in [-0.3, -0.25) is 0 Å². The van der Waals surface area contributed by atoms with Gasteiger partial charge in [0.15, 0.2) is 0 Å². The molecule has 2 nitrogen and oxygen atoms in total. The summed E-state index contributed by atoms with van der Waals surface area (Å²) in [4.78, 5) is 4.21. The minimum Gasteiger partial charge on any atom is -0.327 e. The second-order valence-electron chi connectivity index (χ2n) is 3.35. The zero-order valence-electron chi connectivity index (χ0n) is 8.53. The summed E-state index contributed by atoms with van der Waals surface area (Å²) in [6.07, 6.45) is 5.31. The zero-order valence-corrected chi connectivity index (χ0v) is 10.1. The molecule has 0 radical (unpaired) electrons. The van der Waals surface area contributed by atoms with Crippen molar-refractivity contribution in [1.29, 1.82) is 0 Å². The molecule has 1 aromatic heterocycles. The van der Waals surface area contributed by atoms with E-state index in [-0.39, 0.29) is 5.82 Å². The topological polar surface area (TPSA) is 17.8 Å². The summed E-state index contributed by atoms with van der Waals surface area (Å²) >= 11 is 3.26. The van der Waals surface area contributed by atoms with Crippen molar-refractivity contribution in [1.82, 2.24) is 9.55 Å². The number of benzene rings is 1. The van der Waals surface area contributed by atoms with Crippen LogP contribution in [0.2, 0.25) is 0 Å². The number of rotatable bonds is 3. The zero-order chi connectivity index (χ0) is 11.5. The molecule has 0 saturated heterocycles. The summed E-state index contributed by atoms with van der Waals surface area (Å²) in [6.45, 7) is 4.33. The fourth-order valence-electron chi connectivity index (χ4n) is 1.54. The van der Waals surface area contributed by atoms with Gasteiger partial charge < -0.3 is 4.57 Å². The highest BCUT2D eigenvalue weighted by Crippen LogP contribution is 2.23. The summed E-state index contributed by atoms with van der Waals surface area (Å²) in [6, 6.07) is 4.72. The van der Waals surface area contributed by atoms with Crippen molar-refractivity contribution in [2.75, 3.05) is 0 Å². The Morgan fingerprint density at radius 1 is 1.44 bits per heavy atom. The SMILES string of the molecule is C=CCn1ccnc1-c1cc(F)cc(Br)c1. The molecule has 0 spiro atoms. The molecule has 0 aliphatic rings. The van der Waals surface area contributed by atoms with Crippen molar-refractivity contribution in [3.8, 4) is 11.4 Å². The molecule has 0 fully saturated rings. The first-order chi connectivity index (χ1) is 7.70. The molecule has 4 heteroatoms. The van der Waals surface area contributed by atoms with E-state index in [0.29, 0.717) is 11.0 Å². The molecule has 0 atom stereocenters. The number of halogens is 2. The first-order valence-electron chi connectivity index (χ1n) is 4.79. The lowest BCUT2D eigenvalue weighted by Crippen LogP contribution is -1.97. The highest BCUT2D eigenvalue weighted by atomic mass is 79.9. The quantitative estimate of drug-likeness (QED) is 0.785. The standard InChI is InChI=1S/C12H10BrFN2/c1-2-4-16-5-3-15-12(16)9-6-10(13)8-11(14)7-9/h2-3,5-8H,1,4H2. The van der Waals surface area contributed by atoms with Crippen LogP contribution in [0.4, 0.5) is 4.39 Å². The Bertz CT molecular complexity index is 499. The van der Waals surface area contributed by atoms with Crippen molar-refractivity contribution >= 4 is 15.9 Å².